The minimum absolute atomic E-state index is 0.239. The van der Waals surface area contributed by atoms with Crippen LogP contribution in [0.1, 0.15) is 27.2 Å². The Morgan fingerprint density at radius 3 is 2.78 bits per heavy atom. The molecule has 0 atom stereocenters. The van der Waals surface area contributed by atoms with Crippen molar-refractivity contribution in [1.29, 1.82) is 0 Å². The predicted octanol–water partition coefficient (Wildman–Crippen LogP) is 4.09. The summed E-state index contributed by atoms with van der Waals surface area (Å²) in [4.78, 5) is 14.9. The molecule has 0 saturated heterocycles. The molecule has 4 aromatic rings. The summed E-state index contributed by atoms with van der Waals surface area (Å²) in [6, 6.07) is 13.7. The number of nitrogens with zero attached hydrogens (tertiary/aromatic N) is 3. The second-order valence-electron chi connectivity index (χ2n) is 9.01. The molecule has 2 aromatic heterocycles. The lowest BCUT2D eigenvalue weighted by atomic mass is 10.0. The molecule has 0 saturated carbocycles. The van der Waals surface area contributed by atoms with Crippen LogP contribution in [-0.2, 0) is 19.5 Å². The minimum Gasteiger partial charge on any atom is -0.493 e. The first kappa shape index (κ1) is 23.9. The molecule has 3 heterocycles. The number of fused-ring (bicyclic) bond motifs is 1. The van der Waals surface area contributed by atoms with Gasteiger partial charge in [-0.05, 0) is 54.5 Å². The number of carbonyl (C=O) groups is 1. The number of hydrogen-bond acceptors (Lipinski definition) is 6. The molecular weight excluding hydrogens is 478 g/mol. The van der Waals surface area contributed by atoms with Crippen LogP contribution in [0.5, 0.6) is 5.75 Å². The molecule has 9 nitrogen and oxygen atoms in total. The van der Waals surface area contributed by atoms with Crippen LogP contribution in [0, 0.1) is 0 Å². The van der Waals surface area contributed by atoms with Gasteiger partial charge in [0.15, 0.2) is 5.82 Å². The Kier molecular flexibility index (Phi) is 6.67. The average Bonchev–Trinajstić information content (AvgIpc) is 3.62. The van der Waals surface area contributed by atoms with Crippen LogP contribution in [-0.4, -0.2) is 59.0 Å². The van der Waals surface area contributed by atoms with E-state index >= 15 is 0 Å². The van der Waals surface area contributed by atoms with Crippen LogP contribution in [0.2, 0.25) is 5.02 Å². The summed E-state index contributed by atoms with van der Waals surface area (Å²) in [7, 11) is 5.81. The molecule has 0 spiro atoms. The zero-order valence-corrected chi connectivity index (χ0v) is 21.2. The van der Waals surface area contributed by atoms with Gasteiger partial charge in [-0.2, -0.15) is 10.2 Å². The van der Waals surface area contributed by atoms with Crippen molar-refractivity contribution in [2.75, 3.05) is 33.1 Å². The van der Waals surface area contributed by atoms with Gasteiger partial charge in [-0.1, -0.05) is 35.9 Å². The van der Waals surface area contributed by atoms with E-state index in [4.69, 9.17) is 16.3 Å². The molecule has 0 fully saturated rings. The van der Waals surface area contributed by atoms with E-state index in [1.165, 1.54) is 5.56 Å². The van der Waals surface area contributed by atoms with Crippen molar-refractivity contribution >= 4 is 23.3 Å². The largest absolute Gasteiger partial charge is 0.493 e. The monoisotopic (exact) mass is 505 g/mol. The van der Waals surface area contributed by atoms with E-state index < -0.39 is 0 Å². The fourth-order valence-electron chi connectivity index (χ4n) is 4.35. The first-order valence-corrected chi connectivity index (χ1v) is 12.1. The summed E-state index contributed by atoms with van der Waals surface area (Å²) in [6.45, 7) is 1.87. The first-order valence-electron chi connectivity index (χ1n) is 11.7. The number of aromatic nitrogens is 4. The van der Waals surface area contributed by atoms with Crippen molar-refractivity contribution < 1.29 is 9.53 Å². The van der Waals surface area contributed by atoms with Gasteiger partial charge in [-0.3, -0.25) is 15.0 Å². The molecule has 2 aromatic carbocycles. The summed E-state index contributed by atoms with van der Waals surface area (Å²) in [5.74, 6) is 1.35. The Morgan fingerprint density at radius 1 is 1.14 bits per heavy atom. The summed E-state index contributed by atoms with van der Waals surface area (Å²) in [5.41, 5.74) is 6.58. The highest BCUT2D eigenvalue weighted by atomic mass is 35.5. The highest BCUT2D eigenvalue weighted by Crippen LogP contribution is 2.37. The van der Waals surface area contributed by atoms with Crippen LogP contribution in [0.25, 0.3) is 22.5 Å². The summed E-state index contributed by atoms with van der Waals surface area (Å²) in [5, 5.41) is 21.4. The third-order valence-electron chi connectivity index (χ3n) is 6.12. The van der Waals surface area contributed by atoms with Gasteiger partial charge in [0.25, 0.3) is 5.91 Å². The molecule has 0 bridgehead atoms. The third kappa shape index (κ3) is 4.80. The van der Waals surface area contributed by atoms with Gasteiger partial charge in [-0.25, -0.2) is 0 Å². The molecule has 186 valence electrons. The highest BCUT2D eigenvalue weighted by Gasteiger charge is 2.21. The van der Waals surface area contributed by atoms with Gasteiger partial charge >= 0.3 is 0 Å². The summed E-state index contributed by atoms with van der Waals surface area (Å²) >= 11 is 6.59. The SMILES string of the molecule is CNc1n[nH]c(-c2cc(C(=O)NCc3ccc4c(c3)CCO4)[nH]n2)c1-c1ccc(CN(C)C)c(Cl)c1. The summed E-state index contributed by atoms with van der Waals surface area (Å²) in [6.07, 6.45) is 0.895. The second-order valence-corrected chi connectivity index (χ2v) is 9.41. The van der Waals surface area contributed by atoms with Gasteiger partial charge in [0.2, 0.25) is 0 Å². The standard InChI is InChI=1S/C26H28ClN7O2/c1-28-25-23(17-5-6-18(14-34(2)3)19(27)11-17)24(32-33-25)20-12-21(31-30-20)26(35)29-13-15-4-7-22-16(10-15)8-9-36-22/h4-7,10-12H,8-9,13-14H2,1-3H3,(H,29,35)(H,30,31)(H2,28,32,33). The van der Waals surface area contributed by atoms with Gasteiger partial charge < -0.3 is 20.3 Å². The Labute approximate surface area is 214 Å². The van der Waals surface area contributed by atoms with Crippen LogP contribution < -0.4 is 15.4 Å². The van der Waals surface area contributed by atoms with Crippen molar-refractivity contribution in [2.45, 2.75) is 19.5 Å². The predicted molar refractivity (Wildman–Crippen MR) is 140 cm³/mol. The lowest BCUT2D eigenvalue weighted by Gasteiger charge is -2.13. The van der Waals surface area contributed by atoms with E-state index in [0.717, 1.165) is 41.0 Å². The Morgan fingerprint density at radius 2 is 2.00 bits per heavy atom. The number of H-pyrrole nitrogens is 2. The number of carbonyl (C=O) groups excluding carboxylic acids is 1. The van der Waals surface area contributed by atoms with Crippen molar-refractivity contribution in [3.05, 3.63) is 69.9 Å². The lowest BCUT2D eigenvalue weighted by molar-refractivity contribution is 0.0946. The number of ether oxygens (including phenoxy) is 1. The Balaban J connectivity index is 1.36. The van der Waals surface area contributed by atoms with E-state index in [0.29, 0.717) is 41.1 Å². The number of halogens is 1. The maximum atomic E-state index is 12.8. The topological polar surface area (TPSA) is 111 Å². The molecule has 0 aliphatic carbocycles. The van der Waals surface area contributed by atoms with Crippen molar-refractivity contribution in [3.8, 4) is 28.3 Å². The van der Waals surface area contributed by atoms with Crippen LogP contribution >= 0.6 is 11.6 Å². The Hall–Kier alpha value is -3.82. The second kappa shape index (κ2) is 10.0. The number of amides is 1. The van der Waals surface area contributed by atoms with Gasteiger partial charge in [0.1, 0.15) is 17.1 Å². The van der Waals surface area contributed by atoms with Crippen molar-refractivity contribution in [2.24, 2.45) is 0 Å². The lowest BCUT2D eigenvalue weighted by Crippen LogP contribution is -2.23. The Bertz CT molecular complexity index is 1410. The molecule has 10 heteroatoms. The normalized spacial score (nSPS) is 12.5. The molecular formula is C26H28ClN7O2. The number of nitrogens with one attached hydrogen (secondary N) is 4. The molecule has 0 radical (unpaired) electrons. The first-order chi connectivity index (χ1) is 17.4. The smallest absolute Gasteiger partial charge is 0.269 e. The number of benzene rings is 2. The molecule has 1 aliphatic heterocycles. The minimum atomic E-state index is -0.239. The molecule has 0 unspecified atom stereocenters. The van der Waals surface area contributed by atoms with Crippen molar-refractivity contribution in [3.63, 3.8) is 0 Å². The van der Waals surface area contributed by atoms with E-state index in [-0.39, 0.29) is 5.91 Å². The number of rotatable bonds is 8. The molecule has 1 amide bonds. The van der Waals surface area contributed by atoms with E-state index in [2.05, 4.69) is 42.0 Å². The fraction of sp³-hybridized carbons (Fsp3) is 0.269. The van der Waals surface area contributed by atoms with Crippen LogP contribution in [0.3, 0.4) is 0 Å². The number of hydrogen-bond donors (Lipinski definition) is 4. The van der Waals surface area contributed by atoms with Gasteiger partial charge in [0.05, 0.1) is 17.9 Å². The van der Waals surface area contributed by atoms with Crippen LogP contribution in [0.4, 0.5) is 5.82 Å². The maximum Gasteiger partial charge on any atom is 0.269 e. The van der Waals surface area contributed by atoms with Crippen LogP contribution in [0.15, 0.2) is 42.5 Å². The maximum absolute atomic E-state index is 12.8. The third-order valence-corrected chi connectivity index (χ3v) is 6.47. The number of anilines is 1. The highest BCUT2D eigenvalue weighted by molar-refractivity contribution is 6.31. The molecule has 4 N–H and O–H groups in total. The zero-order chi connectivity index (χ0) is 25.2. The average molecular weight is 506 g/mol. The van der Waals surface area contributed by atoms with E-state index in [9.17, 15) is 4.79 Å². The number of aromatic amines is 2. The quantitative estimate of drug-likeness (QED) is 0.287. The van der Waals surface area contributed by atoms with Gasteiger partial charge in [-0.15, -0.1) is 0 Å². The molecule has 1 aliphatic rings. The summed E-state index contributed by atoms with van der Waals surface area (Å²) < 4.78 is 5.55. The van der Waals surface area contributed by atoms with Crippen molar-refractivity contribution in [1.82, 2.24) is 30.6 Å². The fourth-order valence-corrected chi connectivity index (χ4v) is 4.59. The molecule has 5 rings (SSSR count). The zero-order valence-electron chi connectivity index (χ0n) is 20.4. The van der Waals surface area contributed by atoms with Gasteiger partial charge in [0, 0.05) is 31.6 Å². The molecule has 36 heavy (non-hydrogen) atoms. The van der Waals surface area contributed by atoms with E-state index in [1.54, 1.807) is 13.1 Å². The van der Waals surface area contributed by atoms with E-state index in [1.807, 2.05) is 44.4 Å².